The zero-order valence-corrected chi connectivity index (χ0v) is 11.9. The average Bonchev–Trinajstić information content (AvgIpc) is 3.15. The highest BCUT2D eigenvalue weighted by Gasteiger charge is 2.44. The number of alkyl halides is 2. The number of rotatable bonds is 2. The van der Waals surface area contributed by atoms with Crippen LogP contribution in [0.3, 0.4) is 0 Å². The number of nitrogens with one attached hydrogen (secondary N) is 1. The summed E-state index contributed by atoms with van der Waals surface area (Å²) in [6.45, 7) is 0.965. The molecular weight excluding hydrogens is 296 g/mol. The molecule has 3 heterocycles. The fourth-order valence-electron chi connectivity index (χ4n) is 2.80. The average molecular weight is 313 g/mol. The summed E-state index contributed by atoms with van der Waals surface area (Å²) in [4.78, 5) is 27.4. The van der Waals surface area contributed by atoms with Gasteiger partial charge in [-0.15, -0.1) is 0 Å². The predicted molar refractivity (Wildman–Crippen MR) is 72.5 cm³/mol. The van der Waals surface area contributed by atoms with Gasteiger partial charge in [0, 0.05) is 32.6 Å². The van der Waals surface area contributed by atoms with Gasteiger partial charge in [-0.3, -0.25) is 14.9 Å². The van der Waals surface area contributed by atoms with Crippen LogP contribution in [0.25, 0.3) is 0 Å². The minimum Gasteiger partial charge on any atom is -0.459 e. The number of carbonyl (C=O) groups excluding carboxylic acids is 2. The standard InChI is InChI=1S/C14H17F2N3O3/c15-14(16)8-10(17-9-14)12(20)18-3-5-19(6-4-18)13(21)11-2-1-7-22-11/h1-2,7,10,17H,3-6,8-9H2. The van der Waals surface area contributed by atoms with Crippen molar-refractivity contribution in [2.75, 3.05) is 32.7 Å². The Bertz CT molecular complexity index is 554. The molecule has 1 aromatic rings. The van der Waals surface area contributed by atoms with Crippen LogP contribution < -0.4 is 5.32 Å². The van der Waals surface area contributed by atoms with Crippen LogP contribution in [0, 0.1) is 0 Å². The highest BCUT2D eigenvalue weighted by molar-refractivity contribution is 5.91. The molecular formula is C14H17F2N3O3. The molecule has 6 nitrogen and oxygen atoms in total. The second-order valence-corrected chi connectivity index (χ2v) is 5.59. The van der Waals surface area contributed by atoms with E-state index in [1.807, 2.05) is 0 Å². The molecule has 2 aliphatic rings. The lowest BCUT2D eigenvalue weighted by molar-refractivity contribution is -0.135. The summed E-state index contributed by atoms with van der Waals surface area (Å²) in [6.07, 6.45) is 0.969. The van der Waals surface area contributed by atoms with Crippen molar-refractivity contribution in [3.63, 3.8) is 0 Å². The molecule has 0 aromatic carbocycles. The van der Waals surface area contributed by atoms with Gasteiger partial charge in [-0.05, 0) is 12.1 Å². The molecule has 0 aliphatic carbocycles. The molecule has 2 aliphatic heterocycles. The summed E-state index contributed by atoms with van der Waals surface area (Å²) >= 11 is 0. The summed E-state index contributed by atoms with van der Waals surface area (Å²) in [5.74, 6) is -3.10. The van der Waals surface area contributed by atoms with Gasteiger partial charge in [0.25, 0.3) is 11.8 Å². The van der Waals surface area contributed by atoms with Crippen LogP contribution in [-0.4, -0.2) is 66.3 Å². The maximum Gasteiger partial charge on any atom is 0.289 e. The van der Waals surface area contributed by atoms with Gasteiger partial charge < -0.3 is 14.2 Å². The summed E-state index contributed by atoms with van der Waals surface area (Å²) in [7, 11) is 0. The van der Waals surface area contributed by atoms with Crippen LogP contribution in [0.5, 0.6) is 0 Å². The zero-order chi connectivity index (χ0) is 15.7. The smallest absolute Gasteiger partial charge is 0.289 e. The normalized spacial score (nSPS) is 24.5. The van der Waals surface area contributed by atoms with Crippen LogP contribution in [0.1, 0.15) is 17.0 Å². The van der Waals surface area contributed by atoms with Crippen molar-refractivity contribution in [1.82, 2.24) is 15.1 Å². The van der Waals surface area contributed by atoms with Crippen LogP contribution in [0.2, 0.25) is 0 Å². The lowest BCUT2D eigenvalue weighted by atomic mass is 10.1. The third-order valence-corrected chi connectivity index (χ3v) is 4.02. The Morgan fingerprint density at radius 1 is 1.23 bits per heavy atom. The van der Waals surface area contributed by atoms with E-state index in [1.54, 1.807) is 17.0 Å². The molecule has 1 aromatic heterocycles. The number of nitrogens with zero attached hydrogens (tertiary/aromatic N) is 2. The Kier molecular flexibility index (Phi) is 3.86. The Morgan fingerprint density at radius 3 is 2.45 bits per heavy atom. The first kappa shape index (κ1) is 15.0. The second-order valence-electron chi connectivity index (χ2n) is 5.59. The topological polar surface area (TPSA) is 65.8 Å². The number of halogens is 2. The van der Waals surface area contributed by atoms with Crippen LogP contribution >= 0.6 is 0 Å². The van der Waals surface area contributed by atoms with Crippen molar-refractivity contribution in [1.29, 1.82) is 0 Å². The summed E-state index contributed by atoms with van der Waals surface area (Å²) < 4.78 is 31.4. The SMILES string of the molecule is O=C(c1ccco1)N1CCN(C(=O)C2CC(F)(F)CN2)CC1. The minimum atomic E-state index is -2.82. The van der Waals surface area contributed by atoms with E-state index in [1.165, 1.54) is 11.2 Å². The largest absolute Gasteiger partial charge is 0.459 e. The molecule has 22 heavy (non-hydrogen) atoms. The maximum atomic E-state index is 13.2. The summed E-state index contributed by atoms with van der Waals surface area (Å²) in [5.41, 5.74) is 0. The molecule has 1 N–H and O–H groups in total. The highest BCUT2D eigenvalue weighted by atomic mass is 19.3. The van der Waals surface area contributed by atoms with Crippen molar-refractivity contribution in [3.05, 3.63) is 24.2 Å². The Labute approximate surface area is 126 Å². The summed E-state index contributed by atoms with van der Waals surface area (Å²) in [5, 5.41) is 2.56. The molecule has 3 rings (SSSR count). The van der Waals surface area contributed by atoms with Crippen molar-refractivity contribution in [3.8, 4) is 0 Å². The quantitative estimate of drug-likeness (QED) is 0.866. The molecule has 0 radical (unpaired) electrons. The number of piperazine rings is 1. The van der Waals surface area contributed by atoms with Crippen LogP contribution in [0.15, 0.2) is 22.8 Å². The van der Waals surface area contributed by atoms with Gasteiger partial charge in [0.05, 0.1) is 18.8 Å². The van der Waals surface area contributed by atoms with Gasteiger partial charge in [-0.2, -0.15) is 0 Å². The molecule has 2 saturated heterocycles. The van der Waals surface area contributed by atoms with E-state index in [0.717, 1.165) is 0 Å². The van der Waals surface area contributed by atoms with E-state index in [-0.39, 0.29) is 17.6 Å². The van der Waals surface area contributed by atoms with E-state index in [0.29, 0.717) is 26.2 Å². The molecule has 1 unspecified atom stereocenters. The third-order valence-electron chi connectivity index (χ3n) is 4.02. The van der Waals surface area contributed by atoms with E-state index < -0.39 is 24.9 Å². The van der Waals surface area contributed by atoms with Gasteiger partial charge in [-0.1, -0.05) is 0 Å². The van der Waals surface area contributed by atoms with Crippen molar-refractivity contribution in [2.24, 2.45) is 0 Å². The molecule has 2 amide bonds. The number of furan rings is 1. The van der Waals surface area contributed by atoms with Gasteiger partial charge in [-0.25, -0.2) is 8.78 Å². The molecule has 120 valence electrons. The Hall–Kier alpha value is -1.96. The van der Waals surface area contributed by atoms with Gasteiger partial charge in [0.2, 0.25) is 5.91 Å². The number of amides is 2. The fourth-order valence-corrected chi connectivity index (χ4v) is 2.80. The Morgan fingerprint density at radius 2 is 1.91 bits per heavy atom. The molecule has 1 atom stereocenters. The van der Waals surface area contributed by atoms with Gasteiger partial charge >= 0.3 is 0 Å². The lowest BCUT2D eigenvalue weighted by Crippen LogP contribution is -2.54. The number of carbonyl (C=O) groups is 2. The molecule has 0 saturated carbocycles. The predicted octanol–water partition coefficient (Wildman–Crippen LogP) is 0.561. The van der Waals surface area contributed by atoms with Crippen molar-refractivity contribution >= 4 is 11.8 Å². The first-order chi connectivity index (χ1) is 10.5. The first-order valence-corrected chi connectivity index (χ1v) is 7.19. The Balaban J connectivity index is 1.53. The number of hydrogen-bond donors (Lipinski definition) is 1. The molecule has 8 heteroatoms. The molecule has 2 fully saturated rings. The van der Waals surface area contributed by atoms with E-state index in [2.05, 4.69) is 5.32 Å². The van der Waals surface area contributed by atoms with Crippen LogP contribution in [0.4, 0.5) is 8.78 Å². The third kappa shape index (κ3) is 2.96. The fraction of sp³-hybridized carbons (Fsp3) is 0.571. The number of hydrogen-bond acceptors (Lipinski definition) is 4. The van der Waals surface area contributed by atoms with Crippen LogP contribution in [-0.2, 0) is 4.79 Å². The second kappa shape index (κ2) is 5.68. The molecule has 0 bridgehead atoms. The van der Waals surface area contributed by atoms with E-state index in [4.69, 9.17) is 4.42 Å². The molecule has 0 spiro atoms. The van der Waals surface area contributed by atoms with E-state index >= 15 is 0 Å². The zero-order valence-electron chi connectivity index (χ0n) is 11.9. The van der Waals surface area contributed by atoms with Gasteiger partial charge in [0.1, 0.15) is 0 Å². The highest BCUT2D eigenvalue weighted by Crippen LogP contribution is 2.26. The lowest BCUT2D eigenvalue weighted by Gasteiger charge is -2.35. The maximum absolute atomic E-state index is 13.2. The minimum absolute atomic E-state index is 0.220. The van der Waals surface area contributed by atoms with Gasteiger partial charge in [0.15, 0.2) is 5.76 Å². The van der Waals surface area contributed by atoms with Crippen molar-refractivity contribution < 1.29 is 22.8 Å². The van der Waals surface area contributed by atoms with Crippen molar-refractivity contribution in [2.45, 2.75) is 18.4 Å². The monoisotopic (exact) mass is 313 g/mol. The first-order valence-electron chi connectivity index (χ1n) is 7.19. The van der Waals surface area contributed by atoms with E-state index in [9.17, 15) is 18.4 Å². The summed E-state index contributed by atoms with van der Waals surface area (Å²) in [6, 6.07) is 2.39.